The van der Waals surface area contributed by atoms with Crippen LogP contribution in [0.3, 0.4) is 0 Å². The maximum Gasteiger partial charge on any atom is 0.230 e. The van der Waals surface area contributed by atoms with E-state index >= 15 is 0 Å². The van der Waals surface area contributed by atoms with E-state index in [0.29, 0.717) is 6.54 Å². The molecule has 0 atom stereocenters. The minimum absolute atomic E-state index is 0.0363. The van der Waals surface area contributed by atoms with Crippen LogP contribution in [0.4, 0.5) is 0 Å². The summed E-state index contributed by atoms with van der Waals surface area (Å²) in [5, 5.41) is 3.18. The van der Waals surface area contributed by atoms with Crippen LogP contribution in [0.25, 0.3) is 0 Å². The molecule has 0 unspecified atom stereocenters. The number of methoxy groups -OCH3 is 1. The van der Waals surface area contributed by atoms with E-state index in [-0.39, 0.29) is 11.3 Å². The number of hydrogen-bond donors (Lipinski definition) is 1. The monoisotopic (exact) mass is 323 g/mol. The van der Waals surface area contributed by atoms with E-state index in [1.54, 1.807) is 7.11 Å². The van der Waals surface area contributed by atoms with Crippen LogP contribution < -0.4 is 10.1 Å². The van der Waals surface area contributed by atoms with Crippen molar-refractivity contribution in [2.75, 3.05) is 13.7 Å². The molecule has 1 aliphatic carbocycles. The van der Waals surface area contributed by atoms with Crippen molar-refractivity contribution in [2.24, 2.45) is 0 Å². The molecule has 0 spiro atoms. The minimum atomic E-state index is -0.640. The number of carbonyl (C=O) groups excluding carboxylic acids is 1. The van der Waals surface area contributed by atoms with Crippen LogP contribution in [0.15, 0.2) is 54.6 Å². The molecule has 0 heterocycles. The van der Waals surface area contributed by atoms with Crippen molar-refractivity contribution in [1.82, 2.24) is 5.32 Å². The summed E-state index contributed by atoms with van der Waals surface area (Å²) in [7, 11) is 1.64. The fourth-order valence-electron chi connectivity index (χ4n) is 3.26. The quantitative estimate of drug-likeness (QED) is 0.877. The van der Waals surface area contributed by atoms with Gasteiger partial charge in [0.25, 0.3) is 0 Å². The van der Waals surface area contributed by atoms with Gasteiger partial charge in [0.15, 0.2) is 0 Å². The number of ether oxygens (including phenoxy) is 1. The van der Waals surface area contributed by atoms with Crippen molar-refractivity contribution >= 4 is 5.91 Å². The Morgan fingerprint density at radius 1 is 1.08 bits per heavy atom. The molecule has 3 heteroatoms. The highest BCUT2D eigenvalue weighted by molar-refractivity contribution is 5.88. The van der Waals surface area contributed by atoms with E-state index in [9.17, 15) is 4.79 Å². The van der Waals surface area contributed by atoms with Crippen molar-refractivity contribution in [3.63, 3.8) is 0 Å². The van der Waals surface area contributed by atoms with Crippen LogP contribution in [-0.4, -0.2) is 19.6 Å². The average Bonchev–Trinajstić information content (AvgIpc) is 3.41. The molecule has 0 radical (unpaired) electrons. The van der Waals surface area contributed by atoms with Gasteiger partial charge in [-0.2, -0.15) is 0 Å². The maximum absolute atomic E-state index is 12.9. The summed E-state index contributed by atoms with van der Waals surface area (Å²) in [6, 6.07) is 18.2. The molecule has 1 fully saturated rings. The fourth-order valence-corrected chi connectivity index (χ4v) is 3.26. The van der Waals surface area contributed by atoms with Crippen molar-refractivity contribution in [3.8, 4) is 5.75 Å². The average molecular weight is 323 g/mol. The molecule has 1 saturated carbocycles. The smallest absolute Gasteiger partial charge is 0.230 e. The van der Waals surface area contributed by atoms with Gasteiger partial charge in [-0.25, -0.2) is 0 Å². The first-order chi connectivity index (χ1) is 11.5. The highest BCUT2D eigenvalue weighted by Gasteiger charge is 2.45. The number of carbonyl (C=O) groups is 1. The molecule has 1 amide bonds. The fraction of sp³-hybridized carbons (Fsp3) is 0.381. The first-order valence-corrected chi connectivity index (χ1v) is 8.47. The first kappa shape index (κ1) is 16.6. The second kappa shape index (κ2) is 6.31. The Morgan fingerprint density at radius 2 is 1.71 bits per heavy atom. The van der Waals surface area contributed by atoms with Gasteiger partial charge in [-0.15, -0.1) is 0 Å². The lowest BCUT2D eigenvalue weighted by atomic mass is 9.82. The van der Waals surface area contributed by atoms with E-state index in [2.05, 4.69) is 29.6 Å². The Bertz CT molecular complexity index is 718. The molecular formula is C21H25NO2. The van der Waals surface area contributed by atoms with E-state index in [1.165, 1.54) is 5.56 Å². The number of amides is 1. The number of para-hydroxylation sites is 1. The number of benzene rings is 2. The molecule has 2 aromatic carbocycles. The molecule has 1 aliphatic rings. The lowest BCUT2D eigenvalue weighted by molar-refractivity contribution is -0.125. The number of nitrogens with one attached hydrogen (secondary N) is 1. The molecule has 3 rings (SSSR count). The standard InChI is InChI=1S/C21H25NO2/c1-20(2,17-11-7-8-12-18(17)24-3)19(23)22-15-21(13-14-21)16-9-5-4-6-10-16/h4-12H,13-15H2,1-3H3,(H,22,23). The van der Waals surface area contributed by atoms with Crippen molar-refractivity contribution in [2.45, 2.75) is 37.5 Å². The zero-order valence-corrected chi connectivity index (χ0v) is 14.6. The van der Waals surface area contributed by atoms with Crippen molar-refractivity contribution < 1.29 is 9.53 Å². The summed E-state index contributed by atoms with van der Waals surface area (Å²) in [4.78, 5) is 12.9. The van der Waals surface area contributed by atoms with Crippen LogP contribution >= 0.6 is 0 Å². The van der Waals surface area contributed by atoms with Gasteiger partial charge in [-0.1, -0.05) is 48.5 Å². The summed E-state index contributed by atoms with van der Waals surface area (Å²) in [5.74, 6) is 0.788. The Balaban J connectivity index is 1.73. The summed E-state index contributed by atoms with van der Waals surface area (Å²) < 4.78 is 5.43. The molecule has 0 aromatic heterocycles. The molecule has 126 valence electrons. The zero-order chi connectivity index (χ0) is 17.2. The summed E-state index contributed by atoms with van der Waals surface area (Å²) in [6.07, 6.45) is 2.26. The van der Waals surface area contributed by atoms with Crippen LogP contribution in [-0.2, 0) is 15.6 Å². The topological polar surface area (TPSA) is 38.3 Å². The van der Waals surface area contributed by atoms with Gasteiger partial charge in [0.05, 0.1) is 12.5 Å². The Labute approximate surface area is 144 Å². The molecule has 2 aromatic rings. The predicted molar refractivity (Wildman–Crippen MR) is 96.4 cm³/mol. The molecule has 0 bridgehead atoms. The van der Waals surface area contributed by atoms with Crippen LogP contribution in [0.2, 0.25) is 0 Å². The highest BCUT2D eigenvalue weighted by Crippen LogP contribution is 2.47. The maximum atomic E-state index is 12.9. The lowest BCUT2D eigenvalue weighted by Gasteiger charge is -2.27. The van der Waals surface area contributed by atoms with E-state index < -0.39 is 5.41 Å². The summed E-state index contributed by atoms with van der Waals surface area (Å²) >= 11 is 0. The SMILES string of the molecule is COc1ccccc1C(C)(C)C(=O)NCC1(c2ccccc2)CC1. The van der Waals surface area contributed by atoms with E-state index in [1.807, 2.05) is 44.2 Å². The van der Waals surface area contributed by atoms with Gasteiger partial charge < -0.3 is 10.1 Å². The van der Waals surface area contributed by atoms with Gasteiger partial charge in [0.1, 0.15) is 5.75 Å². The van der Waals surface area contributed by atoms with Gasteiger partial charge in [0, 0.05) is 17.5 Å². The normalized spacial score (nSPS) is 15.6. The predicted octanol–water partition coefficient (Wildman–Crippen LogP) is 3.82. The molecule has 24 heavy (non-hydrogen) atoms. The van der Waals surface area contributed by atoms with Gasteiger partial charge in [-0.05, 0) is 38.3 Å². The minimum Gasteiger partial charge on any atom is -0.496 e. The van der Waals surface area contributed by atoms with Crippen molar-refractivity contribution in [1.29, 1.82) is 0 Å². The summed E-state index contributed by atoms with van der Waals surface area (Å²) in [6.45, 7) is 4.58. The second-order valence-electron chi connectivity index (χ2n) is 7.15. The molecule has 3 nitrogen and oxygen atoms in total. The number of hydrogen-bond acceptors (Lipinski definition) is 2. The third-order valence-corrected chi connectivity index (χ3v) is 5.18. The van der Waals surface area contributed by atoms with Gasteiger partial charge in [0.2, 0.25) is 5.91 Å². The second-order valence-corrected chi connectivity index (χ2v) is 7.15. The molecule has 0 saturated heterocycles. The van der Waals surface area contributed by atoms with Crippen LogP contribution in [0.5, 0.6) is 5.75 Å². The van der Waals surface area contributed by atoms with Crippen LogP contribution in [0.1, 0.15) is 37.8 Å². The molecule has 1 N–H and O–H groups in total. The van der Waals surface area contributed by atoms with Crippen LogP contribution in [0, 0.1) is 0 Å². The third-order valence-electron chi connectivity index (χ3n) is 5.18. The Kier molecular flexibility index (Phi) is 4.35. The van der Waals surface area contributed by atoms with Crippen molar-refractivity contribution in [3.05, 3.63) is 65.7 Å². The third kappa shape index (κ3) is 3.03. The van der Waals surface area contributed by atoms with E-state index in [4.69, 9.17) is 4.74 Å². The van der Waals surface area contributed by atoms with E-state index in [0.717, 1.165) is 24.2 Å². The Morgan fingerprint density at radius 3 is 2.33 bits per heavy atom. The number of rotatable bonds is 6. The zero-order valence-electron chi connectivity index (χ0n) is 14.6. The lowest BCUT2D eigenvalue weighted by Crippen LogP contribution is -2.43. The summed E-state index contributed by atoms with van der Waals surface area (Å²) in [5.41, 5.74) is 1.71. The van der Waals surface area contributed by atoms with Gasteiger partial charge in [-0.3, -0.25) is 4.79 Å². The molecule has 0 aliphatic heterocycles. The Hall–Kier alpha value is -2.29. The first-order valence-electron chi connectivity index (χ1n) is 8.47. The van der Waals surface area contributed by atoms with Gasteiger partial charge >= 0.3 is 0 Å². The largest absolute Gasteiger partial charge is 0.496 e. The molecular weight excluding hydrogens is 298 g/mol. The highest BCUT2D eigenvalue weighted by atomic mass is 16.5.